The number of hydrogen-bond acceptors (Lipinski definition) is 18. The lowest BCUT2D eigenvalue weighted by Crippen LogP contribution is -2.64. The predicted octanol–water partition coefficient (Wildman–Crippen LogP) is -3.17. The molecule has 0 spiro atoms. The normalized spacial score (nSPS) is 27.4. The number of aliphatic hydroxyl groups is 4. The van der Waals surface area contributed by atoms with Crippen molar-refractivity contribution in [3.8, 4) is 0 Å². The summed E-state index contributed by atoms with van der Waals surface area (Å²) in [6, 6.07) is -9.55. The molecule has 1 aliphatic heterocycles. The zero-order valence-electron chi connectivity index (χ0n) is 62.1. The van der Waals surface area contributed by atoms with Crippen LogP contribution in [0.5, 0.6) is 0 Å². The van der Waals surface area contributed by atoms with Gasteiger partial charge in [0.15, 0.2) is 0 Å². The molecule has 0 saturated carbocycles. The van der Waals surface area contributed by atoms with Crippen LogP contribution in [0.4, 0.5) is 0 Å². The van der Waals surface area contributed by atoms with E-state index in [-0.39, 0.29) is 12.8 Å². The number of rotatable bonds is 14. The van der Waals surface area contributed by atoms with Crippen molar-refractivity contribution in [1.82, 2.24) is 71.9 Å². The Morgan fingerprint density at radius 3 is 1.14 bits per heavy atom. The quantitative estimate of drug-likeness (QED) is 0.0874. The molecule has 0 aliphatic carbocycles. The van der Waals surface area contributed by atoms with E-state index in [0.29, 0.717) is 12.0 Å². The number of carbonyl (C=O) groups is 14. The highest BCUT2D eigenvalue weighted by molar-refractivity contribution is 6.00. The van der Waals surface area contributed by atoms with Crippen LogP contribution in [0.2, 0.25) is 0 Å². The molecule has 16 atom stereocenters. The largest absolute Gasteiger partial charge is 0.394 e. The summed E-state index contributed by atoms with van der Waals surface area (Å²) in [6.45, 7) is 19.6. The van der Waals surface area contributed by atoms with Crippen LogP contribution in [0, 0.1) is 35.5 Å². The minimum atomic E-state index is -1.75. The molecule has 100 heavy (non-hydrogen) atoms. The molecule has 4 unspecified atom stereocenters. The van der Waals surface area contributed by atoms with Gasteiger partial charge in [-0.25, -0.2) is 0 Å². The van der Waals surface area contributed by atoms with Crippen molar-refractivity contribution < 1.29 is 87.5 Å². The maximum Gasteiger partial charge on any atom is 0.248 e. The highest BCUT2D eigenvalue weighted by Crippen LogP contribution is 2.22. The third-order valence-electron chi connectivity index (χ3n) is 18.6. The Morgan fingerprint density at radius 2 is 0.740 bits per heavy atom. The van der Waals surface area contributed by atoms with E-state index in [1.54, 1.807) is 113 Å². The van der Waals surface area contributed by atoms with Crippen LogP contribution in [-0.4, -0.2) is 286 Å². The molecule has 0 bridgehead atoms. The van der Waals surface area contributed by atoms with Crippen molar-refractivity contribution in [2.45, 2.75) is 208 Å². The van der Waals surface area contributed by atoms with Crippen LogP contribution in [0.25, 0.3) is 0 Å². The van der Waals surface area contributed by atoms with Gasteiger partial charge in [0.25, 0.3) is 0 Å². The number of nitrogens with one attached hydrogen (secondary N) is 8. The van der Waals surface area contributed by atoms with Crippen molar-refractivity contribution in [1.29, 1.82) is 0 Å². The van der Waals surface area contributed by atoms with E-state index in [1.165, 1.54) is 63.1 Å². The summed E-state index contributed by atoms with van der Waals surface area (Å²) in [5, 5.41) is 64.1. The van der Waals surface area contributed by atoms with Gasteiger partial charge in [0.2, 0.25) is 82.7 Å². The zero-order valence-corrected chi connectivity index (χ0v) is 62.1. The molecular weight excluding hydrogens is 1300 g/mol. The molecule has 0 radical (unpaired) electrons. The molecule has 564 valence electrons. The van der Waals surface area contributed by atoms with E-state index in [2.05, 4.69) is 42.5 Å². The van der Waals surface area contributed by atoms with Crippen molar-refractivity contribution in [2.75, 3.05) is 68.6 Å². The lowest BCUT2D eigenvalue weighted by atomic mass is 9.95. The first kappa shape index (κ1) is 87.7. The number of likely N-dealkylation sites (N-methyl/N-ethyl adjacent to an activating group) is 6. The monoisotopic (exact) mass is 1410 g/mol. The van der Waals surface area contributed by atoms with E-state index in [4.69, 9.17) is 0 Å². The molecule has 1 aromatic rings. The second kappa shape index (κ2) is 40.2. The van der Waals surface area contributed by atoms with E-state index in [9.17, 15) is 87.5 Å². The van der Waals surface area contributed by atoms with Crippen LogP contribution in [-0.2, 0) is 73.5 Å². The number of aliphatic hydroxyl groups excluding tert-OH is 4. The van der Waals surface area contributed by atoms with Gasteiger partial charge < -0.3 is 92.4 Å². The van der Waals surface area contributed by atoms with Crippen LogP contribution in [0.3, 0.4) is 0 Å². The van der Waals surface area contributed by atoms with Gasteiger partial charge >= 0.3 is 0 Å². The summed E-state index contributed by atoms with van der Waals surface area (Å²) in [5.74, 6) is -16.9. The third-order valence-corrected chi connectivity index (χ3v) is 18.6. The van der Waals surface area contributed by atoms with Crippen LogP contribution >= 0.6 is 0 Å². The molecule has 1 aromatic carbocycles. The van der Waals surface area contributed by atoms with Gasteiger partial charge in [-0.2, -0.15) is 0 Å². The van der Waals surface area contributed by atoms with Gasteiger partial charge in [-0.1, -0.05) is 126 Å². The van der Waals surface area contributed by atoms with Gasteiger partial charge in [0.1, 0.15) is 72.5 Å². The fourth-order valence-electron chi connectivity index (χ4n) is 11.5. The highest BCUT2D eigenvalue weighted by Gasteiger charge is 2.45. The number of carbonyl (C=O) groups excluding carboxylic acids is 14. The van der Waals surface area contributed by atoms with Crippen molar-refractivity contribution in [2.24, 2.45) is 35.5 Å². The van der Waals surface area contributed by atoms with Gasteiger partial charge in [0, 0.05) is 48.7 Å². The second-order valence-electron chi connectivity index (χ2n) is 27.6. The first-order chi connectivity index (χ1) is 46.5. The molecule has 0 aromatic heterocycles. The Bertz CT molecular complexity index is 3010. The molecule has 14 amide bonds. The predicted molar refractivity (Wildman–Crippen MR) is 369 cm³/mol. The number of amides is 14. The Morgan fingerprint density at radius 1 is 0.390 bits per heavy atom. The fourth-order valence-corrected chi connectivity index (χ4v) is 11.5. The molecule has 1 fully saturated rings. The first-order valence-electron chi connectivity index (χ1n) is 34.1. The fraction of sp³-hybridized carbons (Fsp3) is 0.706. The van der Waals surface area contributed by atoms with Crippen LogP contribution in [0.15, 0.2) is 30.3 Å². The SMILES string of the molecule is CCC(C)[C@@H]1NC(=O)CNC(=O)[C@@H](C)N(C)C(=O)[C@H](C(C)C)NC(=O)[C@H](C(C)O)N(C)C(=O)[C@H](C(C)C)NC(=O)[C@H](C(C)O)N(C)C(=O)[C@H](C(C)C)NC(=O)CNC(=O)[C@@H](Cc2ccccc2)N(C)C(=O)[C@H](C(C)C)NC(=O)[C@H](CO)NC(=O)[C@H](C(C)CC)N(C)C(=O)[C@H](CO)N(C)C1=O. The number of benzene rings is 1. The third kappa shape index (κ3) is 23.4. The van der Waals surface area contributed by atoms with E-state index in [1.807, 2.05) is 0 Å². The number of nitrogens with zero attached hydrogens (tertiary/aromatic N) is 6. The van der Waals surface area contributed by atoms with Crippen LogP contribution < -0.4 is 42.5 Å². The van der Waals surface area contributed by atoms with Gasteiger partial charge in [0.05, 0.1) is 38.5 Å². The van der Waals surface area contributed by atoms with E-state index < -0.39 is 229 Å². The summed E-state index contributed by atoms with van der Waals surface area (Å²) in [6.07, 6.45) is -2.80. The molecule has 1 saturated heterocycles. The molecule has 2 rings (SSSR count). The molecular formula is C68H114N14O18. The summed E-state index contributed by atoms with van der Waals surface area (Å²) in [4.78, 5) is 206. The first-order valence-corrected chi connectivity index (χ1v) is 34.1. The Hall–Kier alpha value is -8.36. The second-order valence-corrected chi connectivity index (χ2v) is 27.6. The smallest absolute Gasteiger partial charge is 0.248 e. The van der Waals surface area contributed by atoms with Crippen LogP contribution in [0.1, 0.15) is 122 Å². The molecule has 32 nitrogen and oxygen atoms in total. The Balaban J connectivity index is 2.87. The highest BCUT2D eigenvalue weighted by atomic mass is 16.3. The molecule has 32 heteroatoms. The van der Waals surface area contributed by atoms with Gasteiger partial charge in [-0.05, 0) is 61.8 Å². The summed E-state index contributed by atoms with van der Waals surface area (Å²) in [7, 11) is 7.38. The minimum absolute atomic E-state index is 0.125. The number of hydrogen-bond donors (Lipinski definition) is 12. The molecule has 1 aliphatic rings. The summed E-state index contributed by atoms with van der Waals surface area (Å²) < 4.78 is 0. The van der Waals surface area contributed by atoms with Crippen molar-refractivity contribution in [3.05, 3.63) is 35.9 Å². The minimum Gasteiger partial charge on any atom is -0.394 e. The average molecular weight is 1420 g/mol. The van der Waals surface area contributed by atoms with Gasteiger partial charge in [-0.3, -0.25) is 67.1 Å². The maximum atomic E-state index is 14.7. The van der Waals surface area contributed by atoms with Crippen molar-refractivity contribution >= 4 is 82.7 Å². The Kier molecular flexibility index (Phi) is 35.2. The van der Waals surface area contributed by atoms with E-state index >= 15 is 0 Å². The van der Waals surface area contributed by atoms with Gasteiger partial charge in [-0.15, -0.1) is 0 Å². The lowest BCUT2D eigenvalue weighted by molar-refractivity contribution is -0.152. The zero-order chi connectivity index (χ0) is 76.8. The standard InChI is InChI=1S/C68H114N14O18/c1-22-38(11)53-68(100)79(18)46(33-84)63(95)80(19)54(39(12)23-2)60(92)71-44(32-83)58(90)74-51(36(7)8)65(97)78(17)45(29-43-27-25-24-26-28-43)59(91)70-31-47(87)72-49(34(3)4)66(98)81(20)55(41(14)85)62(94)76-52(37(9)10)67(99)82(21)56(42(15)86)61(93)75-50(35(5)6)64(96)77(16)40(13)57(89)69-30-48(88)73-53/h24-28,34-42,44-46,49-56,83-86H,22-23,29-33H2,1-21H3,(H,69,89)(H,70,91)(H,71,92)(H,72,87)(H,73,88)(H,74,90)(H,75,93)(H,76,94)/t38?,39?,40-,41?,42?,44+,45-,46+,49+,50+,51+,52+,53+,54+,55+,56+/m1/s1. The maximum absolute atomic E-state index is 14.7. The Labute approximate surface area is 587 Å². The average Bonchev–Trinajstić information content (AvgIpc) is 0.826. The molecule has 1 heterocycles. The van der Waals surface area contributed by atoms with Crippen molar-refractivity contribution in [3.63, 3.8) is 0 Å². The summed E-state index contributed by atoms with van der Waals surface area (Å²) in [5.41, 5.74) is 0.575. The van der Waals surface area contributed by atoms with E-state index in [0.717, 1.165) is 29.4 Å². The topological polar surface area (TPSA) is 436 Å². The summed E-state index contributed by atoms with van der Waals surface area (Å²) >= 11 is 0. The molecule has 12 N–H and O–H groups in total. The lowest BCUT2D eigenvalue weighted by Gasteiger charge is -2.38.